The molecule has 1 fully saturated rings. The van der Waals surface area contributed by atoms with Crippen LogP contribution in [0.1, 0.15) is 24.3 Å². The first-order chi connectivity index (χ1) is 9.79. The maximum absolute atomic E-state index is 5.52. The summed E-state index contributed by atoms with van der Waals surface area (Å²) in [6.45, 7) is 0. The molecule has 100 valence electrons. The fraction of sp³-hybridized carbons (Fsp3) is 0.267. The van der Waals surface area contributed by atoms with Crippen LogP contribution in [0.3, 0.4) is 0 Å². The number of aromatic nitrogens is 4. The maximum atomic E-state index is 5.52. The van der Waals surface area contributed by atoms with E-state index in [1.165, 1.54) is 5.56 Å². The van der Waals surface area contributed by atoms with Gasteiger partial charge in [-0.1, -0.05) is 35.5 Å². The van der Waals surface area contributed by atoms with Gasteiger partial charge in [0, 0.05) is 7.05 Å². The van der Waals surface area contributed by atoms with Crippen molar-refractivity contribution >= 4 is 0 Å². The van der Waals surface area contributed by atoms with Gasteiger partial charge in [-0.3, -0.25) is 0 Å². The van der Waals surface area contributed by atoms with E-state index in [-0.39, 0.29) is 5.41 Å². The average molecular weight is 266 g/mol. The number of imidazole rings is 1. The molecule has 1 aliphatic carbocycles. The SMILES string of the molecule is Cn1cncc1-c1noc(C2(c3ccccc3)CC2)n1. The highest BCUT2D eigenvalue weighted by Gasteiger charge is 2.50. The second-order valence-electron chi connectivity index (χ2n) is 5.26. The third kappa shape index (κ3) is 1.59. The average Bonchev–Trinajstić information content (AvgIpc) is 2.94. The van der Waals surface area contributed by atoms with Crippen LogP contribution in [0.15, 0.2) is 47.4 Å². The predicted octanol–water partition coefficient (Wildman–Crippen LogP) is 2.55. The van der Waals surface area contributed by atoms with Gasteiger partial charge >= 0.3 is 0 Å². The zero-order chi connectivity index (χ0) is 13.6. The highest BCUT2D eigenvalue weighted by Crippen LogP contribution is 2.52. The van der Waals surface area contributed by atoms with Crippen molar-refractivity contribution in [3.63, 3.8) is 0 Å². The summed E-state index contributed by atoms with van der Waals surface area (Å²) in [5.41, 5.74) is 2.04. The molecule has 0 N–H and O–H groups in total. The number of rotatable bonds is 3. The Morgan fingerprint density at radius 1 is 1.20 bits per heavy atom. The molecule has 0 unspecified atom stereocenters. The van der Waals surface area contributed by atoms with Crippen LogP contribution in [0.25, 0.3) is 11.5 Å². The molecular formula is C15H14N4O. The van der Waals surface area contributed by atoms with Crippen molar-refractivity contribution in [1.82, 2.24) is 19.7 Å². The van der Waals surface area contributed by atoms with Gasteiger partial charge in [-0.2, -0.15) is 4.98 Å². The number of nitrogens with zero attached hydrogens (tertiary/aromatic N) is 4. The first kappa shape index (κ1) is 11.4. The van der Waals surface area contributed by atoms with Crippen LogP contribution in [0.2, 0.25) is 0 Å². The first-order valence-corrected chi connectivity index (χ1v) is 6.66. The molecule has 0 saturated heterocycles. The van der Waals surface area contributed by atoms with E-state index in [2.05, 4.69) is 27.3 Å². The molecule has 5 heteroatoms. The molecule has 0 spiro atoms. The summed E-state index contributed by atoms with van der Waals surface area (Å²) < 4.78 is 7.41. The van der Waals surface area contributed by atoms with Crippen molar-refractivity contribution in [2.75, 3.05) is 0 Å². The zero-order valence-corrected chi connectivity index (χ0v) is 11.2. The third-order valence-corrected chi connectivity index (χ3v) is 3.96. The Morgan fingerprint density at radius 3 is 2.65 bits per heavy atom. The lowest BCUT2D eigenvalue weighted by molar-refractivity contribution is 0.360. The molecule has 2 heterocycles. The Balaban J connectivity index is 1.74. The van der Waals surface area contributed by atoms with E-state index in [4.69, 9.17) is 4.52 Å². The van der Waals surface area contributed by atoms with Crippen LogP contribution in [0.4, 0.5) is 0 Å². The van der Waals surface area contributed by atoms with Crippen LogP contribution in [-0.4, -0.2) is 19.7 Å². The second kappa shape index (κ2) is 4.03. The lowest BCUT2D eigenvalue weighted by Gasteiger charge is -2.09. The van der Waals surface area contributed by atoms with Crippen LogP contribution in [0.5, 0.6) is 0 Å². The monoisotopic (exact) mass is 266 g/mol. The predicted molar refractivity (Wildman–Crippen MR) is 73.0 cm³/mol. The van der Waals surface area contributed by atoms with Crippen LogP contribution in [-0.2, 0) is 12.5 Å². The van der Waals surface area contributed by atoms with Crippen molar-refractivity contribution in [2.45, 2.75) is 18.3 Å². The van der Waals surface area contributed by atoms with Gasteiger partial charge in [-0.25, -0.2) is 4.98 Å². The molecule has 0 amide bonds. The largest absolute Gasteiger partial charge is 0.338 e. The van der Waals surface area contributed by atoms with E-state index in [1.54, 1.807) is 12.5 Å². The molecule has 20 heavy (non-hydrogen) atoms. The smallest absolute Gasteiger partial charge is 0.237 e. The van der Waals surface area contributed by atoms with E-state index >= 15 is 0 Å². The molecular weight excluding hydrogens is 252 g/mol. The van der Waals surface area contributed by atoms with Crippen molar-refractivity contribution in [1.29, 1.82) is 0 Å². The van der Waals surface area contributed by atoms with Gasteiger partial charge in [0.25, 0.3) is 0 Å². The summed E-state index contributed by atoms with van der Waals surface area (Å²) in [4.78, 5) is 8.67. The number of hydrogen-bond donors (Lipinski definition) is 0. The Labute approximate surface area is 116 Å². The highest BCUT2D eigenvalue weighted by atomic mass is 16.5. The topological polar surface area (TPSA) is 56.7 Å². The van der Waals surface area contributed by atoms with E-state index < -0.39 is 0 Å². The number of benzene rings is 1. The normalized spacial score (nSPS) is 16.2. The molecule has 1 aromatic carbocycles. The van der Waals surface area contributed by atoms with Gasteiger partial charge in [0.1, 0.15) is 5.69 Å². The van der Waals surface area contributed by atoms with Gasteiger partial charge in [0.15, 0.2) is 0 Å². The summed E-state index contributed by atoms with van der Waals surface area (Å²) in [5, 5.41) is 4.10. The van der Waals surface area contributed by atoms with E-state index in [1.807, 2.05) is 29.8 Å². The lowest BCUT2D eigenvalue weighted by atomic mass is 9.96. The molecule has 3 aromatic rings. The van der Waals surface area contributed by atoms with Gasteiger partial charge in [0.05, 0.1) is 17.9 Å². The third-order valence-electron chi connectivity index (χ3n) is 3.96. The summed E-state index contributed by atoms with van der Waals surface area (Å²) in [5.74, 6) is 1.31. The molecule has 4 rings (SSSR count). The first-order valence-electron chi connectivity index (χ1n) is 6.66. The summed E-state index contributed by atoms with van der Waals surface area (Å²) >= 11 is 0. The Morgan fingerprint density at radius 2 is 2.00 bits per heavy atom. The fourth-order valence-corrected chi connectivity index (χ4v) is 2.60. The minimum absolute atomic E-state index is 0.0783. The van der Waals surface area contributed by atoms with E-state index in [0.29, 0.717) is 11.7 Å². The zero-order valence-electron chi connectivity index (χ0n) is 11.2. The van der Waals surface area contributed by atoms with Crippen molar-refractivity contribution in [3.8, 4) is 11.5 Å². The van der Waals surface area contributed by atoms with Gasteiger partial charge in [-0.05, 0) is 18.4 Å². The molecule has 0 bridgehead atoms. The van der Waals surface area contributed by atoms with Crippen LogP contribution < -0.4 is 0 Å². The molecule has 5 nitrogen and oxygen atoms in total. The minimum Gasteiger partial charge on any atom is -0.338 e. The summed E-state index contributed by atoms with van der Waals surface area (Å²) in [6.07, 6.45) is 5.60. The molecule has 1 saturated carbocycles. The molecule has 0 aliphatic heterocycles. The molecule has 0 radical (unpaired) electrons. The molecule has 1 aliphatic rings. The fourth-order valence-electron chi connectivity index (χ4n) is 2.60. The van der Waals surface area contributed by atoms with Crippen molar-refractivity contribution < 1.29 is 4.52 Å². The van der Waals surface area contributed by atoms with Crippen LogP contribution >= 0.6 is 0 Å². The Kier molecular flexibility index (Phi) is 2.30. The van der Waals surface area contributed by atoms with Gasteiger partial charge < -0.3 is 9.09 Å². The summed E-state index contributed by atoms with van der Waals surface area (Å²) in [6, 6.07) is 10.4. The quantitative estimate of drug-likeness (QED) is 0.731. The van der Waals surface area contributed by atoms with Crippen LogP contribution in [0, 0.1) is 0 Å². The molecule has 0 atom stereocenters. The number of hydrogen-bond acceptors (Lipinski definition) is 4. The van der Waals surface area contributed by atoms with Gasteiger partial charge in [-0.15, -0.1) is 0 Å². The summed E-state index contributed by atoms with van der Waals surface area (Å²) in [7, 11) is 1.92. The maximum Gasteiger partial charge on any atom is 0.237 e. The standard InChI is InChI=1S/C15H14N4O/c1-19-10-16-9-12(19)13-17-14(20-18-13)15(7-8-15)11-5-3-2-4-6-11/h2-6,9-10H,7-8H2,1H3. The van der Waals surface area contributed by atoms with E-state index in [0.717, 1.165) is 18.5 Å². The highest BCUT2D eigenvalue weighted by molar-refractivity contribution is 5.48. The van der Waals surface area contributed by atoms with Crippen molar-refractivity contribution in [2.24, 2.45) is 7.05 Å². The Bertz CT molecular complexity index is 740. The second-order valence-corrected chi connectivity index (χ2v) is 5.26. The Hall–Kier alpha value is -2.43. The lowest BCUT2D eigenvalue weighted by Crippen LogP contribution is -2.08. The molecule has 2 aromatic heterocycles. The van der Waals surface area contributed by atoms with Gasteiger partial charge in [0.2, 0.25) is 11.7 Å². The number of aryl methyl sites for hydroxylation is 1. The minimum atomic E-state index is -0.0783. The van der Waals surface area contributed by atoms with Crippen molar-refractivity contribution in [3.05, 3.63) is 54.3 Å². The van der Waals surface area contributed by atoms with E-state index in [9.17, 15) is 0 Å².